The molecule has 2 aromatic carbocycles. The van der Waals surface area contributed by atoms with Gasteiger partial charge in [-0.05, 0) is 37.3 Å². The van der Waals surface area contributed by atoms with Crippen LogP contribution in [-0.4, -0.2) is 21.1 Å². The highest BCUT2D eigenvalue weighted by molar-refractivity contribution is 6.35. The molecule has 0 aliphatic heterocycles. The molecule has 3 N–H and O–H groups in total. The molecular formula is C19H16ClF4N3O3. The highest BCUT2D eigenvalue weighted by atomic mass is 35.5. The third kappa shape index (κ3) is 4.77. The molecule has 30 heavy (non-hydrogen) atoms. The molecule has 0 aliphatic rings. The minimum atomic E-state index is -2.99. The van der Waals surface area contributed by atoms with Crippen LogP contribution in [-0.2, 0) is 4.79 Å². The Labute approximate surface area is 172 Å². The van der Waals surface area contributed by atoms with Gasteiger partial charge in [-0.3, -0.25) is 14.2 Å². The first kappa shape index (κ1) is 23.3. The number of rotatable bonds is 4. The van der Waals surface area contributed by atoms with E-state index in [1.165, 1.54) is 6.07 Å². The van der Waals surface area contributed by atoms with E-state index in [-0.39, 0.29) is 33.9 Å². The summed E-state index contributed by atoms with van der Waals surface area (Å²) < 4.78 is 53.7. The van der Waals surface area contributed by atoms with Gasteiger partial charge in [0.25, 0.3) is 24.9 Å². The van der Waals surface area contributed by atoms with Crippen LogP contribution in [0, 0.1) is 0 Å². The third-order valence-electron chi connectivity index (χ3n) is 4.00. The van der Waals surface area contributed by atoms with Crippen molar-refractivity contribution < 1.29 is 27.5 Å². The Bertz CT molecular complexity index is 1090. The average Bonchev–Trinajstić information content (AvgIpc) is 2.67. The summed E-state index contributed by atoms with van der Waals surface area (Å²) in [5.41, 5.74) is 4.05. The summed E-state index contributed by atoms with van der Waals surface area (Å²) in [5, 5.41) is 7.04. The van der Waals surface area contributed by atoms with E-state index >= 15 is 0 Å². The summed E-state index contributed by atoms with van der Waals surface area (Å²) in [7, 11) is 0. The summed E-state index contributed by atoms with van der Waals surface area (Å²) in [4.78, 5) is 25.7. The van der Waals surface area contributed by atoms with Gasteiger partial charge in [-0.15, -0.1) is 0 Å². The first-order valence-electron chi connectivity index (χ1n) is 8.38. The molecule has 0 saturated carbocycles. The van der Waals surface area contributed by atoms with E-state index in [4.69, 9.17) is 27.2 Å². The lowest BCUT2D eigenvalue weighted by Gasteiger charge is -2.18. The molecule has 0 radical (unpaired) electrons. The Kier molecular flexibility index (Phi) is 7.52. The Morgan fingerprint density at radius 1 is 1.13 bits per heavy atom. The summed E-state index contributed by atoms with van der Waals surface area (Å²) >= 11 is 6.09. The molecule has 11 heteroatoms. The Hall–Kier alpha value is -2.98. The van der Waals surface area contributed by atoms with Crippen LogP contribution in [0.25, 0.3) is 16.6 Å². The maximum atomic E-state index is 13.2. The van der Waals surface area contributed by atoms with Crippen LogP contribution in [0.4, 0.5) is 17.6 Å². The molecule has 0 saturated heterocycles. The third-order valence-corrected chi connectivity index (χ3v) is 4.32. The van der Waals surface area contributed by atoms with E-state index in [1.54, 1.807) is 19.1 Å². The molecular weight excluding hydrogens is 430 g/mol. The van der Waals surface area contributed by atoms with Gasteiger partial charge in [0.1, 0.15) is 5.82 Å². The molecule has 0 amide bonds. The Morgan fingerprint density at radius 2 is 1.67 bits per heavy atom. The maximum absolute atomic E-state index is 13.2. The number of aromatic nitrogens is 2. The second-order valence-corrected chi connectivity index (χ2v) is 6.51. The molecule has 0 spiro atoms. The van der Waals surface area contributed by atoms with Crippen LogP contribution >= 0.6 is 11.6 Å². The molecule has 1 atom stereocenters. The molecule has 0 fully saturated rings. The topological polar surface area (TPSA) is 98.2 Å². The van der Waals surface area contributed by atoms with Crippen LogP contribution in [0.5, 0.6) is 0 Å². The number of hydrogen-bond acceptors (Lipinski definition) is 4. The van der Waals surface area contributed by atoms with E-state index in [2.05, 4.69) is 4.98 Å². The number of benzene rings is 2. The number of nitrogens with zero attached hydrogens (tertiary/aromatic N) is 2. The van der Waals surface area contributed by atoms with Crippen LogP contribution in [0.2, 0.25) is 5.02 Å². The second kappa shape index (κ2) is 9.68. The van der Waals surface area contributed by atoms with E-state index in [0.29, 0.717) is 6.07 Å². The number of hydrogen-bond donors (Lipinski definition) is 2. The minimum Gasteiger partial charge on any atom is -0.483 e. The lowest BCUT2D eigenvalue weighted by Crippen LogP contribution is -2.28. The van der Waals surface area contributed by atoms with Crippen LogP contribution in [0.1, 0.15) is 42.8 Å². The van der Waals surface area contributed by atoms with Gasteiger partial charge in [-0.25, -0.2) is 22.5 Å². The van der Waals surface area contributed by atoms with Crippen molar-refractivity contribution in [2.75, 3.05) is 0 Å². The van der Waals surface area contributed by atoms with Gasteiger partial charge in [0.15, 0.2) is 0 Å². The molecule has 1 aromatic heterocycles. The number of carboxylic acid groups (broad SMARTS) is 1. The highest BCUT2D eigenvalue weighted by Gasteiger charge is 2.21. The summed E-state index contributed by atoms with van der Waals surface area (Å²) in [5.74, 6) is 0.0430. The molecule has 1 heterocycles. The summed E-state index contributed by atoms with van der Waals surface area (Å²) in [6.07, 6.45) is -5.98. The molecule has 0 bridgehead atoms. The average molecular weight is 446 g/mol. The SMILES string of the molecule is CC(N)c1nc2cccc(Cl)c2c(=O)n1-c1cc(C(F)F)cc(C(F)F)c1.O=CO. The largest absolute Gasteiger partial charge is 0.483 e. The standard InChI is InChI=1S/C18H14ClF4N3O.CH2O2/c1-8(24)17-25-13-4-2-3-12(19)14(13)18(27)26(17)11-6-9(15(20)21)5-10(7-11)16(22)23;2-1-3/h2-8,15-16H,24H2,1H3;1H,(H,2,3). The fraction of sp³-hybridized carbons (Fsp3) is 0.211. The fourth-order valence-electron chi connectivity index (χ4n) is 2.80. The monoisotopic (exact) mass is 445 g/mol. The Balaban J connectivity index is 0.00000101. The van der Waals surface area contributed by atoms with Crippen molar-refractivity contribution in [3.8, 4) is 5.69 Å². The van der Waals surface area contributed by atoms with E-state index in [0.717, 1.165) is 16.7 Å². The van der Waals surface area contributed by atoms with E-state index in [9.17, 15) is 22.4 Å². The molecule has 3 rings (SSSR count). The van der Waals surface area contributed by atoms with Crippen molar-refractivity contribution in [1.82, 2.24) is 9.55 Å². The quantitative estimate of drug-likeness (QED) is 0.450. The van der Waals surface area contributed by atoms with Crippen molar-refractivity contribution >= 4 is 29.0 Å². The van der Waals surface area contributed by atoms with Gasteiger partial charge in [0.05, 0.1) is 27.7 Å². The lowest BCUT2D eigenvalue weighted by atomic mass is 10.1. The van der Waals surface area contributed by atoms with E-state index < -0.39 is 35.6 Å². The van der Waals surface area contributed by atoms with Gasteiger partial charge in [0, 0.05) is 11.1 Å². The van der Waals surface area contributed by atoms with Gasteiger partial charge in [0.2, 0.25) is 0 Å². The highest BCUT2D eigenvalue weighted by Crippen LogP contribution is 2.30. The molecule has 0 aliphatic carbocycles. The van der Waals surface area contributed by atoms with Crippen molar-refractivity contribution in [1.29, 1.82) is 0 Å². The number of alkyl halides is 4. The maximum Gasteiger partial charge on any atom is 0.290 e. The Morgan fingerprint density at radius 3 is 2.13 bits per heavy atom. The van der Waals surface area contributed by atoms with E-state index in [1.807, 2.05) is 0 Å². The second-order valence-electron chi connectivity index (χ2n) is 6.10. The van der Waals surface area contributed by atoms with Crippen LogP contribution in [0.3, 0.4) is 0 Å². The number of halogens is 5. The summed E-state index contributed by atoms with van der Waals surface area (Å²) in [6, 6.07) is 6.49. The van der Waals surface area contributed by atoms with Crippen molar-refractivity contribution in [3.63, 3.8) is 0 Å². The number of nitrogens with two attached hydrogens (primary N) is 1. The van der Waals surface area contributed by atoms with Gasteiger partial charge < -0.3 is 10.8 Å². The molecule has 160 valence electrons. The molecule has 6 nitrogen and oxygen atoms in total. The van der Waals surface area contributed by atoms with Gasteiger partial charge >= 0.3 is 0 Å². The molecule has 3 aromatic rings. The van der Waals surface area contributed by atoms with Gasteiger partial charge in [-0.1, -0.05) is 17.7 Å². The van der Waals surface area contributed by atoms with Gasteiger partial charge in [-0.2, -0.15) is 0 Å². The van der Waals surface area contributed by atoms with Crippen molar-refractivity contribution in [2.24, 2.45) is 5.73 Å². The lowest BCUT2D eigenvalue weighted by molar-refractivity contribution is -0.122. The van der Waals surface area contributed by atoms with Crippen LogP contribution in [0.15, 0.2) is 41.2 Å². The zero-order chi connectivity index (χ0) is 22.6. The predicted octanol–water partition coefficient (Wildman–Crippen LogP) is 4.63. The number of fused-ring (bicyclic) bond motifs is 1. The fourth-order valence-corrected chi connectivity index (χ4v) is 3.05. The van der Waals surface area contributed by atoms with Crippen LogP contribution < -0.4 is 11.3 Å². The first-order chi connectivity index (χ1) is 14.1. The first-order valence-corrected chi connectivity index (χ1v) is 8.76. The summed E-state index contributed by atoms with van der Waals surface area (Å²) in [6.45, 7) is 1.29. The normalized spacial score (nSPS) is 12.0. The smallest absolute Gasteiger partial charge is 0.290 e. The predicted molar refractivity (Wildman–Crippen MR) is 104 cm³/mol. The molecule has 1 unspecified atom stereocenters. The zero-order valence-electron chi connectivity index (χ0n) is 15.4. The van der Waals surface area contributed by atoms with Crippen molar-refractivity contribution in [2.45, 2.75) is 25.8 Å². The minimum absolute atomic E-state index is 0.0430. The number of carbonyl (C=O) groups is 1. The zero-order valence-corrected chi connectivity index (χ0v) is 16.2. The van der Waals surface area contributed by atoms with Crippen molar-refractivity contribution in [3.05, 3.63) is 68.7 Å².